The van der Waals surface area contributed by atoms with E-state index in [4.69, 9.17) is 4.74 Å². The first-order valence-electron chi connectivity index (χ1n) is 6.50. The highest BCUT2D eigenvalue weighted by Crippen LogP contribution is 2.15. The lowest BCUT2D eigenvalue weighted by atomic mass is 10.1. The van der Waals surface area contributed by atoms with Gasteiger partial charge in [0.15, 0.2) is 5.78 Å². The molecule has 1 aromatic carbocycles. The van der Waals surface area contributed by atoms with Crippen LogP contribution in [0.25, 0.3) is 0 Å². The van der Waals surface area contributed by atoms with Crippen molar-refractivity contribution >= 4 is 5.78 Å². The molecule has 0 N–H and O–H groups in total. The van der Waals surface area contributed by atoms with E-state index in [1.807, 2.05) is 42.8 Å². The monoisotopic (exact) mass is 258 g/mol. The van der Waals surface area contributed by atoms with Gasteiger partial charge in [0.05, 0.1) is 13.0 Å². The van der Waals surface area contributed by atoms with Crippen LogP contribution < -0.4 is 4.74 Å². The molecule has 4 nitrogen and oxygen atoms in total. The Kier molecular flexibility index (Phi) is 4.34. The van der Waals surface area contributed by atoms with Gasteiger partial charge < -0.3 is 9.30 Å². The van der Waals surface area contributed by atoms with E-state index in [1.165, 1.54) is 0 Å². The van der Waals surface area contributed by atoms with Crippen molar-refractivity contribution in [2.24, 2.45) is 0 Å². The number of aromatic nitrogens is 2. The molecule has 1 aromatic heterocycles. The molecule has 0 saturated carbocycles. The Morgan fingerprint density at radius 1 is 1.37 bits per heavy atom. The number of hydrogen-bond acceptors (Lipinski definition) is 3. The third kappa shape index (κ3) is 3.22. The first-order valence-corrected chi connectivity index (χ1v) is 6.50. The molecular weight excluding hydrogens is 240 g/mol. The lowest BCUT2D eigenvalue weighted by Crippen LogP contribution is -2.09. The Morgan fingerprint density at radius 2 is 2.21 bits per heavy atom. The number of hydrogen-bond donors (Lipinski definition) is 0. The van der Waals surface area contributed by atoms with Crippen LogP contribution in [0.15, 0.2) is 36.7 Å². The number of rotatable bonds is 6. The fourth-order valence-electron chi connectivity index (χ4n) is 1.97. The predicted octanol–water partition coefficient (Wildman–Crippen LogP) is 2.73. The average Bonchev–Trinajstić information content (AvgIpc) is 2.86. The van der Waals surface area contributed by atoms with Crippen LogP contribution in [0.5, 0.6) is 5.75 Å². The Balaban J connectivity index is 2.13. The molecule has 0 saturated heterocycles. The summed E-state index contributed by atoms with van der Waals surface area (Å²) in [6.07, 6.45) is 3.93. The van der Waals surface area contributed by atoms with Crippen LogP contribution in [-0.2, 0) is 13.0 Å². The number of carbonyl (C=O) groups is 1. The molecule has 0 unspecified atom stereocenters. The predicted molar refractivity (Wildman–Crippen MR) is 73.5 cm³/mol. The molecule has 0 atom stereocenters. The number of nitrogens with zero attached hydrogens (tertiary/aromatic N) is 2. The summed E-state index contributed by atoms with van der Waals surface area (Å²) in [5, 5.41) is 0. The maximum Gasteiger partial charge on any atom is 0.170 e. The number of imidazole rings is 1. The highest BCUT2D eigenvalue weighted by molar-refractivity contribution is 5.97. The lowest BCUT2D eigenvalue weighted by Gasteiger charge is -2.06. The number of ether oxygens (including phenoxy) is 1. The lowest BCUT2D eigenvalue weighted by molar-refractivity contribution is 0.0989. The molecule has 0 amide bonds. The average molecular weight is 258 g/mol. The van der Waals surface area contributed by atoms with Gasteiger partial charge >= 0.3 is 0 Å². The first kappa shape index (κ1) is 13.3. The van der Waals surface area contributed by atoms with Crippen molar-refractivity contribution in [3.05, 3.63) is 48.0 Å². The SMILES string of the molecule is CCOc1cccc(C(=O)Cc2nccn2CC)c1. The van der Waals surface area contributed by atoms with E-state index in [1.54, 1.807) is 12.3 Å². The first-order chi connectivity index (χ1) is 9.24. The standard InChI is InChI=1S/C15H18N2O2/c1-3-17-9-8-16-15(17)11-14(18)12-6-5-7-13(10-12)19-4-2/h5-10H,3-4,11H2,1-2H3. The number of Topliss-reactive ketones (excluding diaryl/α,β-unsaturated/α-hetero) is 1. The fourth-order valence-corrected chi connectivity index (χ4v) is 1.97. The van der Waals surface area contributed by atoms with Gasteiger partial charge in [0.2, 0.25) is 0 Å². The van der Waals surface area contributed by atoms with Gasteiger partial charge in [-0.25, -0.2) is 4.98 Å². The second-order valence-corrected chi connectivity index (χ2v) is 4.19. The van der Waals surface area contributed by atoms with Crippen molar-refractivity contribution in [3.63, 3.8) is 0 Å². The summed E-state index contributed by atoms with van der Waals surface area (Å²) in [7, 11) is 0. The molecule has 19 heavy (non-hydrogen) atoms. The van der Waals surface area contributed by atoms with Gasteiger partial charge in [-0.05, 0) is 26.0 Å². The quantitative estimate of drug-likeness (QED) is 0.748. The van der Waals surface area contributed by atoms with Crippen molar-refractivity contribution in [3.8, 4) is 5.75 Å². The Hall–Kier alpha value is -2.10. The molecule has 0 aliphatic carbocycles. The minimum atomic E-state index is 0.0578. The highest BCUT2D eigenvalue weighted by Gasteiger charge is 2.11. The van der Waals surface area contributed by atoms with Crippen LogP contribution >= 0.6 is 0 Å². The number of benzene rings is 1. The number of carbonyl (C=O) groups excluding carboxylic acids is 1. The van der Waals surface area contributed by atoms with Gasteiger partial charge in [0.25, 0.3) is 0 Å². The normalized spacial score (nSPS) is 10.4. The minimum absolute atomic E-state index is 0.0578. The Morgan fingerprint density at radius 3 is 2.95 bits per heavy atom. The fraction of sp³-hybridized carbons (Fsp3) is 0.333. The topological polar surface area (TPSA) is 44.1 Å². The zero-order valence-corrected chi connectivity index (χ0v) is 11.3. The summed E-state index contributed by atoms with van der Waals surface area (Å²) in [6, 6.07) is 7.28. The molecule has 0 bridgehead atoms. The van der Waals surface area contributed by atoms with Crippen molar-refractivity contribution in [1.29, 1.82) is 0 Å². The number of ketones is 1. The number of aryl methyl sites for hydroxylation is 1. The van der Waals surface area contributed by atoms with Gasteiger partial charge in [0.1, 0.15) is 11.6 Å². The minimum Gasteiger partial charge on any atom is -0.494 e. The van der Waals surface area contributed by atoms with Gasteiger partial charge in [0, 0.05) is 24.5 Å². The van der Waals surface area contributed by atoms with Crippen LogP contribution in [0.4, 0.5) is 0 Å². The van der Waals surface area contributed by atoms with E-state index >= 15 is 0 Å². The summed E-state index contributed by atoms with van der Waals surface area (Å²) >= 11 is 0. The summed E-state index contributed by atoms with van der Waals surface area (Å²) in [6.45, 7) is 5.37. The second-order valence-electron chi connectivity index (χ2n) is 4.19. The molecule has 0 aliphatic heterocycles. The van der Waals surface area contributed by atoms with Crippen LogP contribution in [-0.4, -0.2) is 21.9 Å². The smallest absolute Gasteiger partial charge is 0.170 e. The highest BCUT2D eigenvalue weighted by atomic mass is 16.5. The van der Waals surface area contributed by atoms with Crippen molar-refractivity contribution in [2.45, 2.75) is 26.8 Å². The largest absolute Gasteiger partial charge is 0.494 e. The van der Waals surface area contributed by atoms with Gasteiger partial charge in [-0.15, -0.1) is 0 Å². The maximum atomic E-state index is 12.2. The molecule has 0 fully saturated rings. The van der Waals surface area contributed by atoms with Crippen LogP contribution in [0.3, 0.4) is 0 Å². The molecule has 100 valence electrons. The van der Waals surface area contributed by atoms with E-state index < -0.39 is 0 Å². The van der Waals surface area contributed by atoms with E-state index in [9.17, 15) is 4.79 Å². The van der Waals surface area contributed by atoms with Crippen LogP contribution in [0.1, 0.15) is 30.0 Å². The summed E-state index contributed by atoms with van der Waals surface area (Å²) < 4.78 is 7.38. The second kappa shape index (κ2) is 6.18. The van der Waals surface area contributed by atoms with E-state index in [0.29, 0.717) is 18.6 Å². The van der Waals surface area contributed by atoms with Crippen LogP contribution in [0.2, 0.25) is 0 Å². The molecule has 0 aliphatic rings. The summed E-state index contributed by atoms with van der Waals surface area (Å²) in [5.41, 5.74) is 0.664. The van der Waals surface area contributed by atoms with Gasteiger partial charge in [-0.3, -0.25) is 4.79 Å². The molecule has 1 heterocycles. The molecule has 4 heteroatoms. The molecule has 2 rings (SSSR count). The third-order valence-electron chi connectivity index (χ3n) is 2.93. The van der Waals surface area contributed by atoms with E-state index in [2.05, 4.69) is 4.98 Å². The summed E-state index contributed by atoms with van der Waals surface area (Å²) in [5.74, 6) is 1.59. The zero-order chi connectivity index (χ0) is 13.7. The van der Waals surface area contributed by atoms with Gasteiger partial charge in [-0.2, -0.15) is 0 Å². The summed E-state index contributed by atoms with van der Waals surface area (Å²) in [4.78, 5) is 16.4. The molecule has 0 radical (unpaired) electrons. The van der Waals surface area contributed by atoms with E-state index in [0.717, 1.165) is 18.1 Å². The molecule has 2 aromatic rings. The van der Waals surface area contributed by atoms with Gasteiger partial charge in [-0.1, -0.05) is 12.1 Å². The molecule has 0 spiro atoms. The van der Waals surface area contributed by atoms with Crippen LogP contribution in [0, 0.1) is 0 Å². The van der Waals surface area contributed by atoms with Crippen molar-refractivity contribution < 1.29 is 9.53 Å². The Bertz CT molecular complexity index is 561. The molecular formula is C15H18N2O2. The van der Waals surface area contributed by atoms with E-state index in [-0.39, 0.29) is 5.78 Å². The maximum absolute atomic E-state index is 12.2. The zero-order valence-electron chi connectivity index (χ0n) is 11.3. The van der Waals surface area contributed by atoms with Crippen molar-refractivity contribution in [1.82, 2.24) is 9.55 Å². The third-order valence-corrected chi connectivity index (χ3v) is 2.93. The van der Waals surface area contributed by atoms with Crippen molar-refractivity contribution in [2.75, 3.05) is 6.61 Å². The Labute approximate surface area is 113 Å².